The first-order valence-electron chi connectivity index (χ1n) is 8.47. The van der Waals surface area contributed by atoms with Crippen LogP contribution in [0.25, 0.3) is 21.2 Å². The first-order valence-corrected chi connectivity index (χ1v) is 9.29. The molecule has 1 aromatic heterocycles. The summed E-state index contributed by atoms with van der Waals surface area (Å²) in [5.41, 5.74) is -1.38. The average Bonchev–Trinajstić information content (AvgIpc) is 2.66. The number of halogens is 4. The molecule has 0 fully saturated rings. The van der Waals surface area contributed by atoms with Crippen LogP contribution in [0.2, 0.25) is 0 Å². The van der Waals surface area contributed by atoms with Gasteiger partial charge in [0.1, 0.15) is 11.6 Å². The van der Waals surface area contributed by atoms with Crippen molar-refractivity contribution in [2.75, 3.05) is 6.79 Å². The second-order valence-corrected chi connectivity index (χ2v) is 7.30. The number of rotatable bonds is 5. The van der Waals surface area contributed by atoms with Gasteiger partial charge in [-0.05, 0) is 30.7 Å². The van der Waals surface area contributed by atoms with E-state index in [0.717, 1.165) is 18.2 Å². The van der Waals surface area contributed by atoms with Crippen molar-refractivity contribution < 1.29 is 31.8 Å². The van der Waals surface area contributed by atoms with Crippen LogP contribution in [0.5, 0.6) is 5.75 Å². The van der Waals surface area contributed by atoms with Crippen molar-refractivity contribution in [3.8, 4) is 16.9 Å². The van der Waals surface area contributed by atoms with E-state index in [0.29, 0.717) is 11.3 Å². The SMILES string of the molecule is C=C(C)C(=O)OCOc1cc(F)c2cc(-c3ccccc3C(F)(F)F)c(=O)sc2c1. The average molecular weight is 438 g/mol. The Morgan fingerprint density at radius 3 is 2.50 bits per heavy atom. The van der Waals surface area contributed by atoms with Gasteiger partial charge in [0, 0.05) is 27.3 Å². The van der Waals surface area contributed by atoms with Crippen LogP contribution < -0.4 is 9.48 Å². The summed E-state index contributed by atoms with van der Waals surface area (Å²) in [5, 5.41) is -0.0298. The number of hydrogen-bond acceptors (Lipinski definition) is 5. The molecule has 0 amide bonds. The highest BCUT2D eigenvalue weighted by atomic mass is 32.1. The van der Waals surface area contributed by atoms with Gasteiger partial charge in [-0.2, -0.15) is 13.2 Å². The minimum absolute atomic E-state index is 0.00592. The number of esters is 1. The smallest absolute Gasteiger partial charge is 0.417 e. The summed E-state index contributed by atoms with van der Waals surface area (Å²) in [5.74, 6) is -1.49. The first-order chi connectivity index (χ1) is 14.1. The Labute approximate surface area is 172 Å². The van der Waals surface area contributed by atoms with E-state index in [1.165, 1.54) is 31.2 Å². The molecule has 0 aliphatic carbocycles. The van der Waals surface area contributed by atoms with E-state index in [4.69, 9.17) is 9.47 Å². The lowest BCUT2D eigenvalue weighted by Gasteiger charge is -2.13. The van der Waals surface area contributed by atoms with E-state index in [2.05, 4.69) is 6.58 Å². The molecule has 0 saturated carbocycles. The third kappa shape index (κ3) is 4.51. The molecule has 9 heteroatoms. The normalized spacial score (nSPS) is 11.4. The van der Waals surface area contributed by atoms with E-state index in [-0.39, 0.29) is 32.5 Å². The van der Waals surface area contributed by atoms with Gasteiger partial charge in [0.2, 0.25) is 11.5 Å². The van der Waals surface area contributed by atoms with Crippen LogP contribution in [0.4, 0.5) is 17.6 Å². The van der Waals surface area contributed by atoms with Crippen LogP contribution in [-0.4, -0.2) is 12.8 Å². The maximum absolute atomic E-state index is 14.6. The van der Waals surface area contributed by atoms with Gasteiger partial charge < -0.3 is 9.47 Å². The standard InChI is InChI=1S/C21H14F4O4S/c1-11(2)19(26)29-10-28-12-7-17(22)15-9-14(20(27)30-18(15)8-12)13-5-3-4-6-16(13)21(23,24)25/h3-9H,1,10H2,2H3. The molecule has 1 heterocycles. The van der Waals surface area contributed by atoms with Gasteiger partial charge in [-0.1, -0.05) is 36.1 Å². The molecule has 30 heavy (non-hydrogen) atoms. The van der Waals surface area contributed by atoms with Gasteiger partial charge >= 0.3 is 12.1 Å². The highest BCUT2D eigenvalue weighted by Gasteiger charge is 2.34. The maximum Gasteiger partial charge on any atom is 0.417 e. The molecule has 3 aromatic rings. The van der Waals surface area contributed by atoms with Crippen LogP contribution >= 0.6 is 11.3 Å². The Kier molecular flexibility index (Phi) is 5.93. The second kappa shape index (κ2) is 8.27. The van der Waals surface area contributed by atoms with Crippen molar-refractivity contribution >= 4 is 27.4 Å². The molecule has 0 aliphatic heterocycles. The zero-order valence-electron chi connectivity index (χ0n) is 15.5. The van der Waals surface area contributed by atoms with Gasteiger partial charge in [0.15, 0.2) is 0 Å². The Hall–Kier alpha value is -3.20. The van der Waals surface area contributed by atoms with Gasteiger partial charge in [-0.15, -0.1) is 0 Å². The van der Waals surface area contributed by atoms with Crippen LogP contribution in [0.15, 0.2) is 59.4 Å². The molecule has 0 bridgehead atoms. The summed E-state index contributed by atoms with van der Waals surface area (Å²) in [4.78, 5) is 23.9. The number of benzene rings is 2. The molecule has 2 aromatic carbocycles. The van der Waals surface area contributed by atoms with E-state index < -0.39 is 35.1 Å². The van der Waals surface area contributed by atoms with E-state index in [1.54, 1.807) is 0 Å². The van der Waals surface area contributed by atoms with Crippen molar-refractivity contribution in [2.24, 2.45) is 0 Å². The maximum atomic E-state index is 14.6. The summed E-state index contributed by atoms with van der Waals surface area (Å²) < 4.78 is 64.0. The van der Waals surface area contributed by atoms with Gasteiger partial charge in [0.25, 0.3) is 0 Å². The quantitative estimate of drug-likeness (QED) is 0.227. The highest BCUT2D eigenvalue weighted by Crippen LogP contribution is 2.37. The molecule has 0 atom stereocenters. The zero-order chi connectivity index (χ0) is 22.1. The van der Waals surface area contributed by atoms with Crippen molar-refractivity contribution in [1.82, 2.24) is 0 Å². The van der Waals surface area contributed by atoms with Crippen LogP contribution in [0, 0.1) is 5.82 Å². The fourth-order valence-corrected chi connectivity index (χ4v) is 3.58. The monoisotopic (exact) mass is 438 g/mol. The summed E-state index contributed by atoms with van der Waals surface area (Å²) in [6.07, 6.45) is -4.67. The molecule has 0 unspecified atom stereocenters. The fraction of sp³-hybridized carbons (Fsp3) is 0.143. The molecule has 156 valence electrons. The van der Waals surface area contributed by atoms with Crippen LogP contribution in [0.1, 0.15) is 12.5 Å². The summed E-state index contributed by atoms with van der Waals surface area (Å²) in [7, 11) is 0. The third-order valence-corrected chi connectivity index (χ3v) is 5.03. The molecule has 4 nitrogen and oxygen atoms in total. The number of fused-ring (bicyclic) bond motifs is 1. The first kappa shape index (κ1) is 21.5. The summed E-state index contributed by atoms with van der Waals surface area (Å²) >= 11 is 0.591. The lowest BCUT2D eigenvalue weighted by Crippen LogP contribution is -2.11. The number of carbonyl (C=O) groups excluding carboxylic acids is 1. The molecule has 0 saturated heterocycles. The largest absolute Gasteiger partial charge is 0.457 e. The topological polar surface area (TPSA) is 52.6 Å². The number of alkyl halides is 3. The Balaban J connectivity index is 2.00. The minimum atomic E-state index is -4.67. The van der Waals surface area contributed by atoms with E-state index in [1.807, 2.05) is 0 Å². The van der Waals surface area contributed by atoms with Crippen molar-refractivity contribution in [3.05, 3.63) is 75.5 Å². The minimum Gasteiger partial charge on any atom is -0.457 e. The lowest BCUT2D eigenvalue weighted by atomic mass is 10.0. The highest BCUT2D eigenvalue weighted by molar-refractivity contribution is 7.16. The Morgan fingerprint density at radius 1 is 1.13 bits per heavy atom. The number of hydrogen-bond donors (Lipinski definition) is 0. The molecule has 0 N–H and O–H groups in total. The Bertz CT molecular complexity index is 1200. The predicted molar refractivity (Wildman–Crippen MR) is 105 cm³/mol. The molecule has 0 aliphatic rings. The molecule has 0 radical (unpaired) electrons. The summed E-state index contributed by atoms with van der Waals surface area (Å²) in [6.45, 7) is 4.36. The second-order valence-electron chi connectivity index (χ2n) is 6.28. The van der Waals surface area contributed by atoms with Crippen molar-refractivity contribution in [1.29, 1.82) is 0 Å². The van der Waals surface area contributed by atoms with Crippen molar-refractivity contribution in [3.63, 3.8) is 0 Å². The molecular weight excluding hydrogens is 424 g/mol. The zero-order valence-corrected chi connectivity index (χ0v) is 16.3. The van der Waals surface area contributed by atoms with Crippen LogP contribution in [0.3, 0.4) is 0 Å². The molecule has 0 spiro atoms. The van der Waals surface area contributed by atoms with Crippen molar-refractivity contribution in [2.45, 2.75) is 13.1 Å². The fourth-order valence-electron chi connectivity index (χ4n) is 2.66. The summed E-state index contributed by atoms with van der Waals surface area (Å²) in [6, 6.07) is 8.06. The predicted octanol–water partition coefficient (Wildman–Crippen LogP) is 5.54. The van der Waals surface area contributed by atoms with Gasteiger partial charge in [-0.25, -0.2) is 9.18 Å². The van der Waals surface area contributed by atoms with Crippen LogP contribution in [-0.2, 0) is 15.7 Å². The van der Waals surface area contributed by atoms with E-state index in [9.17, 15) is 27.2 Å². The van der Waals surface area contributed by atoms with E-state index >= 15 is 0 Å². The Morgan fingerprint density at radius 2 is 1.83 bits per heavy atom. The van der Waals surface area contributed by atoms with Gasteiger partial charge in [0.05, 0.1) is 5.56 Å². The molecular formula is C21H14F4O4S. The van der Waals surface area contributed by atoms with Gasteiger partial charge in [-0.3, -0.25) is 4.79 Å². The molecule has 3 rings (SSSR count). The lowest BCUT2D eigenvalue weighted by molar-refractivity contribution is -0.145. The number of carbonyl (C=O) groups is 1. The third-order valence-electron chi connectivity index (χ3n) is 4.06. The number of ether oxygens (including phenoxy) is 2.